The monoisotopic (exact) mass is 407 g/mol. The third-order valence-electron chi connectivity index (χ3n) is 5.73. The summed E-state index contributed by atoms with van der Waals surface area (Å²) < 4.78 is 5.94. The second-order valence-corrected chi connectivity index (χ2v) is 7.97. The Bertz CT molecular complexity index is 925. The van der Waals surface area contributed by atoms with Crippen LogP contribution in [0.2, 0.25) is 0 Å². The molecule has 3 rings (SSSR count). The lowest BCUT2D eigenvalue weighted by Crippen LogP contribution is -2.27. The highest BCUT2D eigenvalue weighted by Gasteiger charge is 2.17. The molecule has 0 aromatic heterocycles. The van der Waals surface area contributed by atoms with Crippen molar-refractivity contribution in [2.75, 3.05) is 0 Å². The van der Waals surface area contributed by atoms with Crippen molar-refractivity contribution in [3.8, 4) is 11.5 Å². The smallest absolute Gasteiger partial charge is 0.352 e. The number of hydrogen-bond donors (Lipinski definition) is 2. The molecular weight excluding hydrogens is 378 g/mol. The quantitative estimate of drug-likeness (QED) is 0.558. The third kappa shape index (κ3) is 5.96. The Balaban J connectivity index is 1.63. The van der Waals surface area contributed by atoms with E-state index in [2.05, 4.69) is 5.32 Å². The van der Waals surface area contributed by atoms with Gasteiger partial charge in [-0.2, -0.15) is 0 Å². The van der Waals surface area contributed by atoms with Crippen LogP contribution in [0.3, 0.4) is 0 Å². The normalized spacial score (nSPS) is 14.5. The Morgan fingerprint density at radius 2 is 1.80 bits per heavy atom. The van der Waals surface area contributed by atoms with Gasteiger partial charge in [-0.25, -0.2) is 4.79 Å². The van der Waals surface area contributed by atoms with E-state index in [1.807, 2.05) is 32.0 Å². The van der Waals surface area contributed by atoms with Crippen LogP contribution in [0.5, 0.6) is 11.5 Å². The van der Waals surface area contributed by atoms with Crippen LogP contribution in [0.15, 0.2) is 48.2 Å². The summed E-state index contributed by atoms with van der Waals surface area (Å²) in [7, 11) is 0. The van der Waals surface area contributed by atoms with E-state index in [0.29, 0.717) is 23.7 Å². The summed E-state index contributed by atoms with van der Waals surface area (Å²) in [4.78, 5) is 23.8. The van der Waals surface area contributed by atoms with Crippen LogP contribution in [0.4, 0.5) is 0 Å². The third-order valence-corrected chi connectivity index (χ3v) is 5.73. The van der Waals surface area contributed by atoms with Gasteiger partial charge >= 0.3 is 5.97 Å². The number of ether oxygens (including phenoxy) is 1. The summed E-state index contributed by atoms with van der Waals surface area (Å²) in [5, 5.41) is 12.0. The lowest BCUT2D eigenvalue weighted by molar-refractivity contribution is -0.134. The molecule has 158 valence electrons. The summed E-state index contributed by atoms with van der Waals surface area (Å²) in [5.74, 6) is 0.653. The minimum Gasteiger partial charge on any atom is -0.477 e. The number of nitrogens with one attached hydrogen (secondary N) is 1. The largest absolute Gasteiger partial charge is 0.477 e. The summed E-state index contributed by atoms with van der Waals surface area (Å²) in [6.07, 6.45) is 7.46. The number of carbonyl (C=O) groups is 2. The highest BCUT2D eigenvalue weighted by Crippen LogP contribution is 2.29. The molecule has 0 radical (unpaired) electrons. The first kappa shape index (κ1) is 21.6. The zero-order chi connectivity index (χ0) is 21.5. The van der Waals surface area contributed by atoms with Crippen molar-refractivity contribution in [2.45, 2.75) is 52.4 Å². The lowest BCUT2D eigenvalue weighted by Gasteiger charge is -2.11. The van der Waals surface area contributed by atoms with Gasteiger partial charge in [-0.05, 0) is 67.2 Å². The number of carboxylic acids is 1. The van der Waals surface area contributed by atoms with Crippen molar-refractivity contribution in [3.63, 3.8) is 0 Å². The number of carboxylic acid groups (broad SMARTS) is 1. The summed E-state index contributed by atoms with van der Waals surface area (Å²) in [6, 6.07) is 13.0. The molecule has 1 saturated carbocycles. The first-order valence-corrected chi connectivity index (χ1v) is 10.5. The van der Waals surface area contributed by atoms with Gasteiger partial charge in [0.1, 0.15) is 17.2 Å². The van der Waals surface area contributed by atoms with E-state index in [9.17, 15) is 14.7 Å². The van der Waals surface area contributed by atoms with Crippen molar-refractivity contribution in [3.05, 3.63) is 64.9 Å². The second kappa shape index (κ2) is 10.1. The molecule has 2 aromatic carbocycles. The van der Waals surface area contributed by atoms with E-state index in [-0.39, 0.29) is 11.6 Å². The van der Waals surface area contributed by atoms with Gasteiger partial charge in [-0.15, -0.1) is 0 Å². The predicted molar refractivity (Wildman–Crippen MR) is 117 cm³/mol. The van der Waals surface area contributed by atoms with Crippen LogP contribution in [0.1, 0.15) is 55.2 Å². The molecule has 1 aliphatic carbocycles. The molecule has 0 heterocycles. The van der Waals surface area contributed by atoms with E-state index in [0.717, 1.165) is 23.3 Å². The number of hydrogen-bond acceptors (Lipinski definition) is 3. The first-order valence-electron chi connectivity index (χ1n) is 10.5. The van der Waals surface area contributed by atoms with Crippen LogP contribution >= 0.6 is 0 Å². The molecule has 0 spiro atoms. The van der Waals surface area contributed by atoms with E-state index in [1.165, 1.54) is 31.8 Å². The maximum Gasteiger partial charge on any atom is 0.352 e. The van der Waals surface area contributed by atoms with E-state index in [1.54, 1.807) is 24.3 Å². The molecule has 1 aliphatic rings. The van der Waals surface area contributed by atoms with Crippen LogP contribution < -0.4 is 10.1 Å². The molecule has 2 aromatic rings. The van der Waals surface area contributed by atoms with Crippen molar-refractivity contribution in [2.24, 2.45) is 5.92 Å². The number of aliphatic carboxylic acids is 1. The molecule has 0 unspecified atom stereocenters. The summed E-state index contributed by atoms with van der Waals surface area (Å²) in [6.45, 7) is 4.04. The SMILES string of the molecule is Cc1cccc(Oc2ccc(/C=C(/NC(=O)CCC3CCCC3)C(=O)O)cc2)c1C. The standard InChI is InChI=1S/C25H29NO4/c1-17-6-5-9-23(18(17)2)30-21-13-10-20(11-14-21)16-22(25(28)29)26-24(27)15-12-19-7-3-4-8-19/h5-6,9-11,13-14,16,19H,3-4,7-8,12,15H2,1-2H3,(H,26,27)(H,28,29)/b22-16+. The number of rotatable bonds is 8. The Hall–Kier alpha value is -3.08. The van der Waals surface area contributed by atoms with E-state index < -0.39 is 5.97 Å². The van der Waals surface area contributed by atoms with Crippen LogP contribution in [0.25, 0.3) is 6.08 Å². The molecule has 0 aliphatic heterocycles. The topological polar surface area (TPSA) is 75.6 Å². The van der Waals surface area contributed by atoms with E-state index >= 15 is 0 Å². The molecule has 5 heteroatoms. The fourth-order valence-electron chi connectivity index (χ4n) is 3.76. The minimum absolute atomic E-state index is 0.116. The van der Waals surface area contributed by atoms with Crippen molar-refractivity contribution >= 4 is 18.0 Å². The Morgan fingerprint density at radius 1 is 1.10 bits per heavy atom. The molecule has 0 bridgehead atoms. The molecular formula is C25H29NO4. The van der Waals surface area contributed by atoms with Crippen molar-refractivity contribution in [1.29, 1.82) is 0 Å². The minimum atomic E-state index is -1.15. The zero-order valence-electron chi connectivity index (χ0n) is 17.6. The Labute approximate surface area is 177 Å². The molecule has 1 amide bonds. The molecule has 1 fully saturated rings. The summed E-state index contributed by atoms with van der Waals surface area (Å²) >= 11 is 0. The van der Waals surface area contributed by atoms with Crippen LogP contribution in [-0.2, 0) is 9.59 Å². The Morgan fingerprint density at radius 3 is 2.47 bits per heavy atom. The predicted octanol–water partition coefficient (Wildman–Crippen LogP) is 5.61. The van der Waals surface area contributed by atoms with E-state index in [4.69, 9.17) is 4.74 Å². The maximum atomic E-state index is 12.2. The molecule has 30 heavy (non-hydrogen) atoms. The zero-order valence-corrected chi connectivity index (χ0v) is 17.6. The van der Waals surface area contributed by atoms with Gasteiger partial charge in [0.25, 0.3) is 0 Å². The number of amides is 1. The number of carbonyl (C=O) groups excluding carboxylic acids is 1. The lowest BCUT2D eigenvalue weighted by atomic mass is 10.0. The average molecular weight is 408 g/mol. The number of benzene rings is 2. The molecule has 0 atom stereocenters. The van der Waals surface area contributed by atoms with Gasteiger partial charge in [0.2, 0.25) is 5.91 Å². The van der Waals surface area contributed by atoms with Crippen molar-refractivity contribution < 1.29 is 19.4 Å². The van der Waals surface area contributed by atoms with Gasteiger partial charge in [0.15, 0.2) is 0 Å². The highest BCUT2D eigenvalue weighted by molar-refractivity contribution is 5.96. The summed E-state index contributed by atoms with van der Waals surface area (Å²) in [5.41, 5.74) is 2.79. The highest BCUT2D eigenvalue weighted by atomic mass is 16.5. The van der Waals surface area contributed by atoms with Crippen LogP contribution in [-0.4, -0.2) is 17.0 Å². The van der Waals surface area contributed by atoms with Gasteiger partial charge in [-0.3, -0.25) is 4.79 Å². The molecule has 2 N–H and O–H groups in total. The number of aryl methyl sites for hydroxylation is 1. The molecule has 5 nitrogen and oxygen atoms in total. The fourth-order valence-corrected chi connectivity index (χ4v) is 3.76. The average Bonchev–Trinajstić information content (AvgIpc) is 3.24. The Kier molecular flexibility index (Phi) is 7.28. The van der Waals surface area contributed by atoms with Gasteiger partial charge in [0.05, 0.1) is 0 Å². The van der Waals surface area contributed by atoms with Crippen molar-refractivity contribution in [1.82, 2.24) is 5.32 Å². The first-order chi connectivity index (χ1) is 14.4. The van der Waals surface area contributed by atoms with Crippen LogP contribution in [0, 0.1) is 19.8 Å². The van der Waals surface area contributed by atoms with Gasteiger partial charge < -0.3 is 15.2 Å². The second-order valence-electron chi connectivity index (χ2n) is 7.97. The maximum absolute atomic E-state index is 12.2. The molecule has 0 saturated heterocycles. The fraction of sp³-hybridized carbons (Fsp3) is 0.360. The van der Waals surface area contributed by atoms with Gasteiger partial charge in [0, 0.05) is 6.42 Å². The van der Waals surface area contributed by atoms with Gasteiger partial charge in [-0.1, -0.05) is 49.9 Å².